The van der Waals surface area contributed by atoms with Crippen molar-refractivity contribution in [1.29, 1.82) is 0 Å². The van der Waals surface area contributed by atoms with Crippen LogP contribution in [0.25, 0.3) is 0 Å². The first-order valence-corrected chi connectivity index (χ1v) is 7.14. The summed E-state index contributed by atoms with van der Waals surface area (Å²) >= 11 is 0. The van der Waals surface area contributed by atoms with Crippen molar-refractivity contribution < 1.29 is 0 Å². The number of hydrogen-bond acceptors (Lipinski definition) is 2. The Kier molecular flexibility index (Phi) is 6.37. The van der Waals surface area contributed by atoms with E-state index >= 15 is 0 Å². The first kappa shape index (κ1) is 14.0. The average Bonchev–Trinajstić information content (AvgIpc) is 2.26. The smallest absolute Gasteiger partial charge is 0.00844 e. The highest BCUT2D eigenvalue weighted by Crippen LogP contribution is 2.20. The van der Waals surface area contributed by atoms with Crippen LogP contribution in [0.3, 0.4) is 0 Å². The first-order valence-electron chi connectivity index (χ1n) is 7.14. The molecule has 1 heterocycles. The van der Waals surface area contributed by atoms with Gasteiger partial charge in [0.1, 0.15) is 0 Å². The number of piperidine rings is 1. The fourth-order valence-corrected chi connectivity index (χ4v) is 2.90. The van der Waals surface area contributed by atoms with Crippen LogP contribution in [0.1, 0.15) is 59.8 Å². The highest BCUT2D eigenvalue weighted by Gasteiger charge is 2.23. The fourth-order valence-electron chi connectivity index (χ4n) is 2.90. The molecule has 0 bridgehead atoms. The minimum atomic E-state index is 0.657. The van der Waals surface area contributed by atoms with Gasteiger partial charge in [0.05, 0.1) is 0 Å². The van der Waals surface area contributed by atoms with E-state index in [1.54, 1.807) is 0 Å². The van der Waals surface area contributed by atoms with E-state index in [4.69, 9.17) is 0 Å². The lowest BCUT2D eigenvalue weighted by molar-refractivity contribution is 0.103. The van der Waals surface area contributed by atoms with Crippen LogP contribution in [0.5, 0.6) is 0 Å². The molecule has 1 N–H and O–H groups in total. The standard InChI is InChI=1S/C14H30N2/c1-5-9-15-12(2)11-14(4)16-10-7-6-8-13(16)3/h12-15H,5-11H2,1-4H3. The van der Waals surface area contributed by atoms with Crippen LogP contribution in [0.4, 0.5) is 0 Å². The van der Waals surface area contributed by atoms with E-state index in [2.05, 4.69) is 37.9 Å². The first-order chi connectivity index (χ1) is 7.65. The third-order valence-electron chi connectivity index (χ3n) is 3.86. The van der Waals surface area contributed by atoms with Crippen LogP contribution < -0.4 is 5.32 Å². The van der Waals surface area contributed by atoms with Gasteiger partial charge < -0.3 is 5.32 Å². The summed E-state index contributed by atoms with van der Waals surface area (Å²) < 4.78 is 0. The minimum absolute atomic E-state index is 0.657. The largest absolute Gasteiger partial charge is 0.314 e. The van der Waals surface area contributed by atoms with E-state index in [-0.39, 0.29) is 0 Å². The molecular weight excluding hydrogens is 196 g/mol. The van der Waals surface area contributed by atoms with Gasteiger partial charge in [-0.25, -0.2) is 0 Å². The van der Waals surface area contributed by atoms with Crippen molar-refractivity contribution in [2.24, 2.45) is 0 Å². The summed E-state index contributed by atoms with van der Waals surface area (Å²) in [6, 6.07) is 2.18. The summed E-state index contributed by atoms with van der Waals surface area (Å²) in [5.74, 6) is 0. The summed E-state index contributed by atoms with van der Waals surface area (Å²) in [6.07, 6.45) is 6.73. The Hall–Kier alpha value is -0.0800. The molecule has 16 heavy (non-hydrogen) atoms. The predicted molar refractivity (Wildman–Crippen MR) is 71.9 cm³/mol. The number of nitrogens with zero attached hydrogens (tertiary/aromatic N) is 1. The minimum Gasteiger partial charge on any atom is -0.314 e. The fraction of sp³-hybridized carbons (Fsp3) is 1.00. The molecule has 2 nitrogen and oxygen atoms in total. The Morgan fingerprint density at radius 2 is 2.06 bits per heavy atom. The van der Waals surface area contributed by atoms with Gasteiger partial charge in [0.25, 0.3) is 0 Å². The van der Waals surface area contributed by atoms with E-state index in [1.807, 2.05) is 0 Å². The maximum absolute atomic E-state index is 3.59. The predicted octanol–water partition coefficient (Wildman–Crippen LogP) is 3.03. The van der Waals surface area contributed by atoms with Gasteiger partial charge in [-0.3, -0.25) is 4.90 Å². The van der Waals surface area contributed by atoms with E-state index in [0.29, 0.717) is 6.04 Å². The van der Waals surface area contributed by atoms with Gasteiger partial charge in [-0.15, -0.1) is 0 Å². The molecule has 1 aliphatic rings. The molecule has 1 fully saturated rings. The molecule has 0 amide bonds. The maximum atomic E-state index is 3.59. The van der Waals surface area contributed by atoms with Gasteiger partial charge >= 0.3 is 0 Å². The van der Waals surface area contributed by atoms with Crippen molar-refractivity contribution in [3.8, 4) is 0 Å². The number of nitrogens with one attached hydrogen (secondary N) is 1. The molecule has 0 aromatic heterocycles. The summed E-state index contributed by atoms with van der Waals surface area (Å²) in [7, 11) is 0. The molecule has 0 radical (unpaired) electrons. The third kappa shape index (κ3) is 4.42. The lowest BCUT2D eigenvalue weighted by atomic mass is 9.99. The molecule has 0 spiro atoms. The zero-order chi connectivity index (χ0) is 12.0. The second-order valence-electron chi connectivity index (χ2n) is 5.52. The van der Waals surface area contributed by atoms with Crippen LogP contribution in [0.2, 0.25) is 0 Å². The van der Waals surface area contributed by atoms with Crippen molar-refractivity contribution >= 4 is 0 Å². The number of rotatable bonds is 6. The SMILES string of the molecule is CCCNC(C)CC(C)N1CCCCC1C. The van der Waals surface area contributed by atoms with Gasteiger partial charge in [-0.1, -0.05) is 13.3 Å². The topological polar surface area (TPSA) is 15.3 Å². The highest BCUT2D eigenvalue weighted by molar-refractivity contribution is 4.80. The van der Waals surface area contributed by atoms with E-state index in [9.17, 15) is 0 Å². The molecule has 0 aromatic rings. The van der Waals surface area contributed by atoms with Crippen LogP contribution in [0, 0.1) is 0 Å². The quantitative estimate of drug-likeness (QED) is 0.749. The molecule has 1 saturated heterocycles. The van der Waals surface area contributed by atoms with Crippen LogP contribution in [0.15, 0.2) is 0 Å². The third-order valence-corrected chi connectivity index (χ3v) is 3.86. The molecule has 2 heteroatoms. The second-order valence-corrected chi connectivity index (χ2v) is 5.52. The molecule has 96 valence electrons. The van der Waals surface area contributed by atoms with Gasteiger partial charge in [0.15, 0.2) is 0 Å². The molecule has 1 rings (SSSR count). The molecule has 0 saturated carbocycles. The van der Waals surface area contributed by atoms with E-state index in [0.717, 1.165) is 18.6 Å². The van der Waals surface area contributed by atoms with Crippen molar-refractivity contribution in [3.05, 3.63) is 0 Å². The zero-order valence-corrected chi connectivity index (χ0v) is 11.6. The van der Waals surface area contributed by atoms with Gasteiger partial charge in [-0.2, -0.15) is 0 Å². The van der Waals surface area contributed by atoms with Crippen LogP contribution >= 0.6 is 0 Å². The molecule has 1 aliphatic heterocycles. The number of likely N-dealkylation sites (tertiary alicyclic amines) is 1. The normalized spacial score (nSPS) is 26.6. The van der Waals surface area contributed by atoms with Gasteiger partial charge in [0, 0.05) is 18.1 Å². The molecular formula is C14H30N2. The lowest BCUT2D eigenvalue weighted by Crippen LogP contribution is -2.46. The Balaban J connectivity index is 2.29. The molecule has 3 atom stereocenters. The Labute approximate surface area is 102 Å². The summed E-state index contributed by atoms with van der Waals surface area (Å²) in [4.78, 5) is 2.70. The summed E-state index contributed by atoms with van der Waals surface area (Å²) in [5.41, 5.74) is 0. The highest BCUT2D eigenvalue weighted by atomic mass is 15.2. The molecule has 3 unspecified atom stereocenters. The van der Waals surface area contributed by atoms with Gasteiger partial charge in [0.2, 0.25) is 0 Å². The van der Waals surface area contributed by atoms with Crippen molar-refractivity contribution in [1.82, 2.24) is 10.2 Å². The van der Waals surface area contributed by atoms with E-state index < -0.39 is 0 Å². The monoisotopic (exact) mass is 226 g/mol. The second kappa shape index (κ2) is 7.29. The Morgan fingerprint density at radius 1 is 1.31 bits per heavy atom. The van der Waals surface area contributed by atoms with Crippen LogP contribution in [-0.2, 0) is 0 Å². The van der Waals surface area contributed by atoms with Gasteiger partial charge in [-0.05, 0) is 59.5 Å². The zero-order valence-electron chi connectivity index (χ0n) is 11.6. The number of hydrogen-bond donors (Lipinski definition) is 1. The lowest BCUT2D eigenvalue weighted by Gasteiger charge is -2.39. The Morgan fingerprint density at radius 3 is 2.69 bits per heavy atom. The molecule has 0 aromatic carbocycles. The van der Waals surface area contributed by atoms with Crippen molar-refractivity contribution in [2.45, 2.75) is 77.9 Å². The summed E-state index contributed by atoms with van der Waals surface area (Å²) in [5, 5.41) is 3.59. The summed E-state index contributed by atoms with van der Waals surface area (Å²) in [6.45, 7) is 11.8. The van der Waals surface area contributed by atoms with Crippen molar-refractivity contribution in [3.63, 3.8) is 0 Å². The molecule has 0 aliphatic carbocycles. The average molecular weight is 226 g/mol. The van der Waals surface area contributed by atoms with Crippen LogP contribution in [-0.4, -0.2) is 36.1 Å². The Bertz CT molecular complexity index is 182. The maximum Gasteiger partial charge on any atom is 0.00844 e. The van der Waals surface area contributed by atoms with Crippen molar-refractivity contribution in [2.75, 3.05) is 13.1 Å². The van der Waals surface area contributed by atoms with E-state index in [1.165, 1.54) is 38.6 Å².